The van der Waals surface area contributed by atoms with E-state index in [1.807, 2.05) is 0 Å². The third kappa shape index (κ3) is 6.67. The second-order valence-electron chi connectivity index (χ2n) is 3.59. The Morgan fingerprint density at radius 1 is 0.667 bits per heavy atom. The zero-order valence-electron chi connectivity index (χ0n) is 10.7. The van der Waals surface area contributed by atoms with E-state index >= 15 is 0 Å². The number of amides is 2. The molecule has 2 aromatic carbocycles. The summed E-state index contributed by atoms with van der Waals surface area (Å²) < 4.78 is 0. The predicted molar refractivity (Wildman–Crippen MR) is 74.6 cm³/mol. The van der Waals surface area contributed by atoms with E-state index in [4.69, 9.17) is 0 Å². The van der Waals surface area contributed by atoms with Gasteiger partial charge in [0.2, 0.25) is 11.8 Å². The Bertz CT molecular complexity index is 498. The number of nitrogens with one attached hydrogen (secondary N) is 2. The van der Waals surface area contributed by atoms with Crippen molar-refractivity contribution in [2.24, 2.45) is 0 Å². The van der Waals surface area contributed by atoms with E-state index in [2.05, 4.69) is 0 Å². The molecule has 0 atom stereocenters. The van der Waals surface area contributed by atoms with Crippen molar-refractivity contribution >= 4 is 11.8 Å². The Morgan fingerprint density at radius 3 is 1.19 bits per heavy atom. The molecule has 2 N–H and O–H groups in total. The topological polar surface area (TPSA) is 104 Å². The molecule has 0 saturated carbocycles. The number of rotatable bonds is 2. The maximum atomic E-state index is 10.6. The maximum Gasteiger partial charge on any atom is 2.00 e. The van der Waals surface area contributed by atoms with Gasteiger partial charge in [-0.05, 0) is 24.3 Å². The van der Waals surface area contributed by atoms with Gasteiger partial charge in [0, 0.05) is 11.1 Å². The minimum Gasteiger partial charge on any atom is -0.759 e. The maximum absolute atomic E-state index is 10.6. The van der Waals surface area contributed by atoms with Crippen LogP contribution in [0.5, 0.6) is 0 Å². The first kappa shape index (κ1) is 18.8. The summed E-state index contributed by atoms with van der Waals surface area (Å²) in [4.78, 5) is 21.2. The van der Waals surface area contributed by atoms with Crippen LogP contribution >= 0.6 is 0 Å². The summed E-state index contributed by atoms with van der Waals surface area (Å²) in [7, 11) is 0. The van der Waals surface area contributed by atoms with Gasteiger partial charge in [-0.25, -0.2) is 0 Å². The standard InChI is InChI=1S/2C7H6NO2.Ni/c2*9-7(8-10)6-4-2-1-3-5-6;/h2*1-5H,(H-,8,9,10);/q2*-1;+2. The third-order valence-electron chi connectivity index (χ3n) is 2.26. The molecule has 2 aromatic rings. The van der Waals surface area contributed by atoms with Gasteiger partial charge >= 0.3 is 16.5 Å². The SMILES string of the molecule is O=C(N[O-])c1ccccc1.O=C(N[O-])c1ccccc1.[Ni+2]. The molecule has 0 aliphatic heterocycles. The molecule has 0 aliphatic rings. The van der Waals surface area contributed by atoms with E-state index in [1.54, 1.807) is 60.7 Å². The second kappa shape index (κ2) is 10.6. The van der Waals surface area contributed by atoms with Crippen LogP contribution in [0, 0.1) is 10.4 Å². The van der Waals surface area contributed by atoms with Gasteiger partial charge in [0.15, 0.2) is 0 Å². The van der Waals surface area contributed by atoms with Crippen molar-refractivity contribution in [3.63, 3.8) is 0 Å². The van der Waals surface area contributed by atoms with Crippen molar-refractivity contribution in [2.75, 3.05) is 0 Å². The number of hydrogen-bond donors (Lipinski definition) is 2. The molecule has 7 heteroatoms. The van der Waals surface area contributed by atoms with Crippen molar-refractivity contribution in [1.29, 1.82) is 0 Å². The number of benzene rings is 2. The Morgan fingerprint density at radius 2 is 0.952 bits per heavy atom. The molecule has 0 spiro atoms. The molecule has 21 heavy (non-hydrogen) atoms. The summed E-state index contributed by atoms with van der Waals surface area (Å²) in [6, 6.07) is 16.7. The Labute approximate surface area is 131 Å². The van der Waals surface area contributed by atoms with Crippen LogP contribution in [0.3, 0.4) is 0 Å². The average molecular weight is 331 g/mol. The summed E-state index contributed by atoms with van der Waals surface area (Å²) >= 11 is 0. The molecule has 6 nitrogen and oxygen atoms in total. The summed E-state index contributed by atoms with van der Waals surface area (Å²) in [5.74, 6) is -1.19. The third-order valence-corrected chi connectivity index (χ3v) is 2.26. The first-order valence-electron chi connectivity index (χ1n) is 5.64. The van der Waals surface area contributed by atoms with Gasteiger partial charge in [0.25, 0.3) is 0 Å². The monoisotopic (exact) mass is 330 g/mol. The summed E-state index contributed by atoms with van der Waals surface area (Å²) in [5.41, 5.74) is 3.36. The van der Waals surface area contributed by atoms with E-state index in [1.165, 1.54) is 11.0 Å². The van der Waals surface area contributed by atoms with Gasteiger partial charge in [-0.15, -0.1) is 0 Å². The first-order valence-corrected chi connectivity index (χ1v) is 5.64. The number of carbonyl (C=O) groups excluding carboxylic acids is 2. The molecule has 0 unspecified atom stereocenters. The van der Waals surface area contributed by atoms with Gasteiger partial charge in [0.05, 0.1) is 0 Å². The van der Waals surface area contributed by atoms with Crippen LogP contribution in [-0.2, 0) is 16.5 Å². The van der Waals surface area contributed by atoms with Crippen molar-refractivity contribution in [1.82, 2.24) is 11.0 Å². The number of hydroxylamine groups is 2. The minimum atomic E-state index is -0.597. The molecule has 0 radical (unpaired) electrons. The molecule has 112 valence electrons. The largest absolute Gasteiger partial charge is 2.00 e. The molecule has 0 aliphatic carbocycles. The van der Waals surface area contributed by atoms with Crippen LogP contribution in [0.25, 0.3) is 0 Å². The van der Waals surface area contributed by atoms with Crippen LogP contribution in [0.4, 0.5) is 0 Å². The van der Waals surface area contributed by atoms with Gasteiger partial charge in [-0.1, -0.05) is 36.4 Å². The Kier molecular flexibility index (Phi) is 9.46. The molecule has 0 heterocycles. The molecular formula is C14H12N2NiO4. The molecular weight excluding hydrogens is 319 g/mol. The average Bonchev–Trinajstić information content (AvgIpc) is 2.55. The second-order valence-corrected chi connectivity index (χ2v) is 3.59. The first-order chi connectivity index (χ1) is 9.69. The molecule has 0 bridgehead atoms. The fraction of sp³-hybridized carbons (Fsp3) is 0. The summed E-state index contributed by atoms with van der Waals surface area (Å²) in [6.45, 7) is 0. The molecule has 2 amide bonds. The van der Waals surface area contributed by atoms with E-state index in [0.717, 1.165) is 0 Å². The normalized spacial score (nSPS) is 8.48. The van der Waals surface area contributed by atoms with Gasteiger partial charge in [-0.3, -0.25) is 9.59 Å². The fourth-order valence-electron chi connectivity index (χ4n) is 1.30. The van der Waals surface area contributed by atoms with Crippen LogP contribution in [0.2, 0.25) is 0 Å². The van der Waals surface area contributed by atoms with Crippen molar-refractivity contribution in [2.45, 2.75) is 0 Å². The van der Waals surface area contributed by atoms with Crippen molar-refractivity contribution in [3.05, 3.63) is 82.2 Å². The van der Waals surface area contributed by atoms with Crippen LogP contribution in [0.1, 0.15) is 20.7 Å². The van der Waals surface area contributed by atoms with Crippen molar-refractivity contribution in [3.8, 4) is 0 Å². The Hall–Kier alpha value is -2.21. The van der Waals surface area contributed by atoms with E-state index < -0.39 is 11.8 Å². The number of hydrogen-bond acceptors (Lipinski definition) is 4. The van der Waals surface area contributed by atoms with Gasteiger partial charge in [0.1, 0.15) is 0 Å². The van der Waals surface area contributed by atoms with Crippen LogP contribution < -0.4 is 11.0 Å². The predicted octanol–water partition coefficient (Wildman–Crippen LogP) is 1.83. The minimum absolute atomic E-state index is 0. The fourth-order valence-corrected chi connectivity index (χ4v) is 1.30. The number of carbonyl (C=O) groups is 2. The zero-order chi connectivity index (χ0) is 14.8. The van der Waals surface area contributed by atoms with E-state index in [9.17, 15) is 20.0 Å². The quantitative estimate of drug-likeness (QED) is 0.647. The molecule has 2 rings (SSSR count). The van der Waals surface area contributed by atoms with E-state index in [-0.39, 0.29) is 16.5 Å². The Balaban J connectivity index is 0.000000364. The molecule has 0 fully saturated rings. The van der Waals surface area contributed by atoms with E-state index in [0.29, 0.717) is 11.1 Å². The van der Waals surface area contributed by atoms with Crippen LogP contribution in [-0.4, -0.2) is 11.8 Å². The van der Waals surface area contributed by atoms with Gasteiger partial charge in [-0.2, -0.15) is 0 Å². The molecule has 0 saturated heterocycles. The smallest absolute Gasteiger partial charge is 0.759 e. The zero-order valence-corrected chi connectivity index (χ0v) is 11.7. The molecule has 0 aromatic heterocycles. The summed E-state index contributed by atoms with van der Waals surface area (Å²) in [6.07, 6.45) is 0. The summed E-state index contributed by atoms with van der Waals surface area (Å²) in [5, 5.41) is 19.7. The van der Waals surface area contributed by atoms with Gasteiger partial charge < -0.3 is 21.4 Å². The van der Waals surface area contributed by atoms with Crippen LogP contribution in [0.15, 0.2) is 60.7 Å². The van der Waals surface area contributed by atoms with Crippen molar-refractivity contribution < 1.29 is 26.1 Å².